The Bertz CT molecular complexity index is 644. The van der Waals surface area contributed by atoms with Gasteiger partial charge >= 0.3 is 0 Å². The number of thiophene rings is 1. The van der Waals surface area contributed by atoms with E-state index in [9.17, 15) is 9.18 Å². The Hall–Kier alpha value is -1.46. The van der Waals surface area contributed by atoms with Crippen LogP contribution in [0.25, 0.3) is 10.1 Å². The van der Waals surface area contributed by atoms with Crippen molar-refractivity contribution in [2.45, 2.75) is 19.4 Å². The van der Waals surface area contributed by atoms with Crippen LogP contribution in [0.2, 0.25) is 0 Å². The first kappa shape index (κ1) is 13.5. The van der Waals surface area contributed by atoms with Gasteiger partial charge in [0, 0.05) is 23.8 Å². The monoisotopic (exact) mass is 292 g/mol. The number of nitrogens with two attached hydrogens (primary N) is 1. The molecule has 2 N–H and O–H groups in total. The van der Waals surface area contributed by atoms with Crippen molar-refractivity contribution in [2.24, 2.45) is 11.7 Å². The number of fused-ring (bicyclic) bond motifs is 1. The van der Waals surface area contributed by atoms with Gasteiger partial charge in [0.25, 0.3) is 5.91 Å². The molecule has 106 valence electrons. The number of rotatable bonds is 1. The van der Waals surface area contributed by atoms with Crippen LogP contribution in [0.15, 0.2) is 24.3 Å². The molecular weight excluding hydrogens is 275 g/mol. The molecule has 1 aliphatic heterocycles. The predicted molar refractivity (Wildman–Crippen MR) is 79.4 cm³/mol. The second-order valence-corrected chi connectivity index (χ2v) is 6.69. The molecule has 2 atom stereocenters. The standard InChI is InChI=1S/C15H17FN2OS/c1-9-4-12(17)8-18(7-9)15(19)14-5-10-2-3-11(16)6-13(10)20-14/h2-3,5-6,9,12H,4,7-8,17H2,1H3. The minimum atomic E-state index is -0.271. The highest BCUT2D eigenvalue weighted by atomic mass is 32.1. The maximum absolute atomic E-state index is 13.2. The van der Waals surface area contributed by atoms with Gasteiger partial charge in [0.05, 0.1) is 4.88 Å². The molecule has 0 aliphatic carbocycles. The highest BCUT2D eigenvalue weighted by Crippen LogP contribution is 2.28. The third kappa shape index (κ3) is 2.55. The lowest BCUT2D eigenvalue weighted by molar-refractivity contribution is 0.0666. The molecule has 1 aliphatic rings. The first-order valence-electron chi connectivity index (χ1n) is 6.77. The molecule has 2 aromatic rings. The first-order chi connectivity index (χ1) is 9.52. The summed E-state index contributed by atoms with van der Waals surface area (Å²) in [4.78, 5) is 15.0. The first-order valence-corrected chi connectivity index (χ1v) is 7.58. The molecule has 0 saturated carbocycles. The largest absolute Gasteiger partial charge is 0.336 e. The predicted octanol–water partition coefficient (Wildman–Crippen LogP) is 2.85. The zero-order valence-corrected chi connectivity index (χ0v) is 12.1. The number of likely N-dealkylation sites (tertiary alicyclic amines) is 1. The molecule has 0 bridgehead atoms. The van der Waals surface area contributed by atoms with Crippen LogP contribution in [0.5, 0.6) is 0 Å². The molecule has 2 unspecified atom stereocenters. The summed E-state index contributed by atoms with van der Waals surface area (Å²) in [5.74, 6) is 0.162. The van der Waals surface area contributed by atoms with Gasteiger partial charge in [-0.05, 0) is 35.9 Å². The van der Waals surface area contributed by atoms with Crippen molar-refractivity contribution in [3.05, 3.63) is 35.0 Å². The Morgan fingerprint density at radius 1 is 1.40 bits per heavy atom. The average Bonchev–Trinajstić information content (AvgIpc) is 2.79. The Kier molecular flexibility index (Phi) is 3.48. The lowest BCUT2D eigenvalue weighted by Crippen LogP contribution is -2.48. The van der Waals surface area contributed by atoms with E-state index in [0.717, 1.165) is 23.1 Å². The average molecular weight is 292 g/mol. The van der Waals surface area contributed by atoms with Crippen molar-refractivity contribution in [1.82, 2.24) is 4.90 Å². The van der Waals surface area contributed by atoms with Gasteiger partial charge in [0.15, 0.2) is 0 Å². The van der Waals surface area contributed by atoms with E-state index in [-0.39, 0.29) is 17.8 Å². The fourth-order valence-corrected chi connectivity index (χ4v) is 3.89. The number of carbonyl (C=O) groups is 1. The van der Waals surface area contributed by atoms with Crippen LogP contribution in [0, 0.1) is 11.7 Å². The topological polar surface area (TPSA) is 46.3 Å². The Morgan fingerprint density at radius 3 is 2.95 bits per heavy atom. The van der Waals surface area contributed by atoms with Gasteiger partial charge in [-0.25, -0.2) is 4.39 Å². The van der Waals surface area contributed by atoms with Crippen LogP contribution >= 0.6 is 11.3 Å². The van der Waals surface area contributed by atoms with Gasteiger partial charge in [-0.1, -0.05) is 13.0 Å². The molecule has 1 aromatic heterocycles. The lowest BCUT2D eigenvalue weighted by Gasteiger charge is -2.34. The molecule has 1 amide bonds. The second kappa shape index (κ2) is 5.14. The Balaban J connectivity index is 1.88. The number of nitrogens with zero attached hydrogens (tertiary/aromatic N) is 1. The van der Waals surface area contributed by atoms with E-state index in [1.54, 1.807) is 6.07 Å². The molecule has 3 nitrogen and oxygen atoms in total. The van der Waals surface area contributed by atoms with Crippen LogP contribution in [0.3, 0.4) is 0 Å². The summed E-state index contributed by atoms with van der Waals surface area (Å²) in [6.07, 6.45) is 0.960. The van der Waals surface area contributed by atoms with Crippen LogP contribution in [0.1, 0.15) is 23.0 Å². The van der Waals surface area contributed by atoms with Crippen LogP contribution < -0.4 is 5.73 Å². The van der Waals surface area contributed by atoms with Crippen molar-refractivity contribution in [2.75, 3.05) is 13.1 Å². The van der Waals surface area contributed by atoms with E-state index in [0.29, 0.717) is 17.3 Å². The molecule has 2 heterocycles. The van der Waals surface area contributed by atoms with Crippen molar-refractivity contribution in [3.8, 4) is 0 Å². The number of benzene rings is 1. The molecule has 20 heavy (non-hydrogen) atoms. The smallest absolute Gasteiger partial charge is 0.264 e. The van der Waals surface area contributed by atoms with E-state index in [2.05, 4.69) is 6.92 Å². The summed E-state index contributed by atoms with van der Waals surface area (Å²) in [5.41, 5.74) is 5.99. The molecular formula is C15H17FN2OS. The molecule has 1 saturated heterocycles. The van der Waals surface area contributed by atoms with Gasteiger partial charge in [-0.15, -0.1) is 11.3 Å². The summed E-state index contributed by atoms with van der Waals surface area (Å²) in [6, 6.07) is 6.49. The van der Waals surface area contributed by atoms with Crippen LogP contribution in [-0.4, -0.2) is 29.9 Å². The second-order valence-electron chi connectivity index (χ2n) is 5.60. The highest BCUT2D eigenvalue weighted by molar-refractivity contribution is 7.20. The molecule has 5 heteroatoms. The van der Waals surface area contributed by atoms with E-state index < -0.39 is 0 Å². The van der Waals surface area contributed by atoms with Crippen molar-refractivity contribution >= 4 is 27.3 Å². The fourth-order valence-electron chi connectivity index (χ4n) is 2.83. The fraction of sp³-hybridized carbons (Fsp3) is 0.400. The summed E-state index contributed by atoms with van der Waals surface area (Å²) in [7, 11) is 0. The van der Waals surface area contributed by atoms with E-state index in [4.69, 9.17) is 5.73 Å². The number of piperidine rings is 1. The van der Waals surface area contributed by atoms with Gasteiger partial charge in [-0.2, -0.15) is 0 Å². The lowest BCUT2D eigenvalue weighted by atomic mass is 9.96. The SMILES string of the molecule is CC1CC(N)CN(C(=O)c2cc3ccc(F)cc3s2)C1. The summed E-state index contributed by atoms with van der Waals surface area (Å²) in [6.45, 7) is 3.46. The number of hydrogen-bond acceptors (Lipinski definition) is 3. The summed E-state index contributed by atoms with van der Waals surface area (Å²) >= 11 is 1.34. The van der Waals surface area contributed by atoms with Gasteiger partial charge in [0.1, 0.15) is 5.82 Å². The van der Waals surface area contributed by atoms with Gasteiger partial charge < -0.3 is 10.6 Å². The number of amides is 1. The summed E-state index contributed by atoms with van der Waals surface area (Å²) < 4.78 is 14.0. The maximum Gasteiger partial charge on any atom is 0.264 e. The van der Waals surface area contributed by atoms with Gasteiger partial charge in [-0.3, -0.25) is 4.79 Å². The Labute approximate surface area is 121 Å². The van der Waals surface area contributed by atoms with Crippen LogP contribution in [-0.2, 0) is 0 Å². The number of carbonyl (C=O) groups excluding carboxylic acids is 1. The van der Waals surface area contributed by atoms with Gasteiger partial charge in [0.2, 0.25) is 0 Å². The number of hydrogen-bond donors (Lipinski definition) is 1. The molecule has 3 rings (SSSR count). The van der Waals surface area contributed by atoms with E-state index in [1.165, 1.54) is 23.5 Å². The third-order valence-corrected chi connectivity index (χ3v) is 4.76. The molecule has 1 fully saturated rings. The summed E-state index contributed by atoms with van der Waals surface area (Å²) in [5, 5.41) is 0.911. The van der Waals surface area contributed by atoms with Crippen molar-refractivity contribution in [3.63, 3.8) is 0 Å². The van der Waals surface area contributed by atoms with Crippen molar-refractivity contribution < 1.29 is 9.18 Å². The normalized spacial score (nSPS) is 23.2. The number of halogens is 1. The molecule has 0 radical (unpaired) electrons. The zero-order chi connectivity index (χ0) is 14.3. The molecule has 1 aromatic carbocycles. The van der Waals surface area contributed by atoms with E-state index in [1.807, 2.05) is 11.0 Å². The minimum absolute atomic E-state index is 0.00797. The van der Waals surface area contributed by atoms with Crippen molar-refractivity contribution in [1.29, 1.82) is 0 Å². The molecule has 0 spiro atoms. The quantitative estimate of drug-likeness (QED) is 0.878. The minimum Gasteiger partial charge on any atom is -0.336 e. The maximum atomic E-state index is 13.2. The highest BCUT2D eigenvalue weighted by Gasteiger charge is 2.27. The third-order valence-electron chi connectivity index (χ3n) is 3.67. The zero-order valence-electron chi connectivity index (χ0n) is 11.3. The Morgan fingerprint density at radius 2 is 2.20 bits per heavy atom. The van der Waals surface area contributed by atoms with E-state index >= 15 is 0 Å². The van der Waals surface area contributed by atoms with Crippen LogP contribution in [0.4, 0.5) is 4.39 Å².